The average Bonchev–Trinajstić information content (AvgIpc) is 3.40. The van der Waals surface area contributed by atoms with Crippen LogP contribution in [0.5, 0.6) is 0 Å². The van der Waals surface area contributed by atoms with Gasteiger partial charge in [-0.05, 0) is 35.1 Å². The van der Waals surface area contributed by atoms with Crippen molar-refractivity contribution in [3.63, 3.8) is 0 Å². The molecule has 0 aromatic heterocycles. The molecule has 1 heterocycles. The Bertz CT molecular complexity index is 1040. The molecular weight excluding hydrogens is 436 g/mol. The molecule has 1 fully saturated rings. The first-order chi connectivity index (χ1) is 16.3. The summed E-state index contributed by atoms with van der Waals surface area (Å²) in [5.41, 5.74) is 3.81. The predicted octanol–water partition coefficient (Wildman–Crippen LogP) is 3.30. The molecule has 4 rings (SSSR count). The summed E-state index contributed by atoms with van der Waals surface area (Å²) in [7, 11) is 0. The lowest BCUT2D eigenvalue weighted by molar-refractivity contribution is -0.148. The van der Waals surface area contributed by atoms with E-state index < -0.39 is 29.6 Å². The number of carboxylic acids is 1. The molecule has 1 saturated heterocycles. The molecule has 8 heteroatoms. The first-order valence-corrected chi connectivity index (χ1v) is 11.5. The van der Waals surface area contributed by atoms with Gasteiger partial charge < -0.3 is 25.2 Å². The van der Waals surface area contributed by atoms with Gasteiger partial charge in [0.1, 0.15) is 6.61 Å². The first-order valence-electron chi connectivity index (χ1n) is 11.5. The van der Waals surface area contributed by atoms with Crippen molar-refractivity contribution in [3.05, 3.63) is 59.7 Å². The standard InChI is InChI=1S/C26H30N2O6/c1-26(2,24(31)28-21-11-14-33-22(21)23(29)30)12-13-27-25(32)34-15-20-18-9-5-3-7-16(18)17-8-4-6-10-19(17)20/h3-10,20-22H,11-15H2,1-2H3,(H,27,32)(H,28,31)(H,29,30)/t21-,22+/m1/s1. The smallest absolute Gasteiger partial charge is 0.407 e. The van der Waals surface area contributed by atoms with Crippen LogP contribution in [0.4, 0.5) is 4.79 Å². The van der Waals surface area contributed by atoms with Crippen molar-refractivity contribution in [2.75, 3.05) is 19.8 Å². The maximum Gasteiger partial charge on any atom is 0.407 e. The van der Waals surface area contributed by atoms with E-state index in [0.29, 0.717) is 19.4 Å². The van der Waals surface area contributed by atoms with Gasteiger partial charge in [0.05, 0.1) is 6.04 Å². The van der Waals surface area contributed by atoms with Gasteiger partial charge in [0.15, 0.2) is 6.10 Å². The number of aliphatic carboxylic acids is 1. The van der Waals surface area contributed by atoms with E-state index in [-0.39, 0.29) is 25.0 Å². The van der Waals surface area contributed by atoms with Crippen molar-refractivity contribution in [1.29, 1.82) is 0 Å². The van der Waals surface area contributed by atoms with Crippen LogP contribution in [0.2, 0.25) is 0 Å². The van der Waals surface area contributed by atoms with E-state index in [0.717, 1.165) is 22.3 Å². The number of rotatable bonds is 8. The van der Waals surface area contributed by atoms with Crippen molar-refractivity contribution in [2.45, 2.75) is 44.8 Å². The van der Waals surface area contributed by atoms with E-state index in [1.807, 2.05) is 24.3 Å². The van der Waals surface area contributed by atoms with Gasteiger partial charge in [0.25, 0.3) is 0 Å². The highest BCUT2D eigenvalue weighted by Gasteiger charge is 2.38. The number of amides is 2. The molecule has 1 aliphatic heterocycles. The summed E-state index contributed by atoms with van der Waals surface area (Å²) in [4.78, 5) is 36.3. The molecule has 34 heavy (non-hydrogen) atoms. The van der Waals surface area contributed by atoms with E-state index in [1.165, 1.54) is 0 Å². The highest BCUT2D eigenvalue weighted by molar-refractivity contribution is 5.83. The summed E-state index contributed by atoms with van der Waals surface area (Å²) in [6, 6.07) is 15.7. The molecule has 1 aliphatic carbocycles. The van der Waals surface area contributed by atoms with Crippen molar-refractivity contribution in [3.8, 4) is 11.1 Å². The minimum Gasteiger partial charge on any atom is -0.479 e. The first kappa shape index (κ1) is 23.8. The molecule has 8 nitrogen and oxygen atoms in total. The molecule has 0 unspecified atom stereocenters. The predicted molar refractivity (Wildman–Crippen MR) is 125 cm³/mol. The number of alkyl carbamates (subject to hydrolysis) is 1. The van der Waals surface area contributed by atoms with Crippen LogP contribution < -0.4 is 10.6 Å². The summed E-state index contributed by atoms with van der Waals surface area (Å²) in [5.74, 6) is -1.38. The molecule has 0 radical (unpaired) electrons. The van der Waals surface area contributed by atoms with Crippen LogP contribution in [0.3, 0.4) is 0 Å². The zero-order valence-corrected chi connectivity index (χ0v) is 19.4. The van der Waals surface area contributed by atoms with Crippen molar-refractivity contribution in [2.24, 2.45) is 5.41 Å². The fourth-order valence-electron chi connectivity index (χ4n) is 4.58. The Morgan fingerprint density at radius 3 is 2.29 bits per heavy atom. The second-order valence-electron chi connectivity index (χ2n) is 9.38. The molecular formula is C26H30N2O6. The molecule has 3 N–H and O–H groups in total. The van der Waals surface area contributed by atoms with Crippen LogP contribution in [0.15, 0.2) is 48.5 Å². The Kier molecular flexibility index (Phi) is 6.88. The molecule has 0 bridgehead atoms. The van der Waals surface area contributed by atoms with E-state index in [1.54, 1.807) is 13.8 Å². The Morgan fingerprint density at radius 2 is 1.68 bits per heavy atom. The summed E-state index contributed by atoms with van der Waals surface area (Å²) < 4.78 is 10.7. The minimum atomic E-state index is -1.09. The Balaban J connectivity index is 1.26. The number of hydrogen-bond donors (Lipinski definition) is 3. The number of carboxylic acid groups (broad SMARTS) is 1. The molecule has 2 atom stereocenters. The number of ether oxygens (including phenoxy) is 2. The topological polar surface area (TPSA) is 114 Å². The van der Waals surface area contributed by atoms with E-state index in [4.69, 9.17) is 9.47 Å². The maximum atomic E-state index is 12.7. The number of carbonyl (C=O) groups excluding carboxylic acids is 2. The zero-order valence-electron chi connectivity index (χ0n) is 19.4. The van der Waals surface area contributed by atoms with Gasteiger partial charge in [-0.2, -0.15) is 0 Å². The van der Waals surface area contributed by atoms with E-state index >= 15 is 0 Å². The lowest BCUT2D eigenvalue weighted by Crippen LogP contribution is -2.49. The molecule has 2 aliphatic rings. The largest absolute Gasteiger partial charge is 0.479 e. The van der Waals surface area contributed by atoms with Crippen molar-refractivity contribution < 1.29 is 29.0 Å². The van der Waals surface area contributed by atoms with Crippen LogP contribution in [0, 0.1) is 5.41 Å². The Morgan fingerprint density at radius 1 is 1.06 bits per heavy atom. The average molecular weight is 467 g/mol. The van der Waals surface area contributed by atoms with Gasteiger partial charge >= 0.3 is 12.1 Å². The second-order valence-corrected chi connectivity index (χ2v) is 9.38. The van der Waals surface area contributed by atoms with Crippen LogP contribution in [0.1, 0.15) is 43.7 Å². The summed E-state index contributed by atoms with van der Waals surface area (Å²) in [6.07, 6.45) is -0.739. The maximum absolute atomic E-state index is 12.7. The summed E-state index contributed by atoms with van der Waals surface area (Å²) in [5, 5.41) is 14.7. The molecule has 2 aromatic rings. The Labute approximate surface area is 198 Å². The SMILES string of the molecule is CC(C)(CCNC(=O)OCC1c2ccccc2-c2ccccc21)C(=O)N[C@@H]1CCO[C@@H]1C(=O)O. The van der Waals surface area contributed by atoms with Crippen molar-refractivity contribution in [1.82, 2.24) is 10.6 Å². The van der Waals surface area contributed by atoms with Gasteiger partial charge in [-0.15, -0.1) is 0 Å². The minimum absolute atomic E-state index is 0.0174. The quantitative estimate of drug-likeness (QED) is 0.550. The third-order valence-electron chi connectivity index (χ3n) is 6.63. The number of nitrogens with one attached hydrogen (secondary N) is 2. The lowest BCUT2D eigenvalue weighted by Gasteiger charge is -2.26. The lowest BCUT2D eigenvalue weighted by atomic mass is 9.87. The molecule has 180 valence electrons. The molecule has 0 spiro atoms. The Hall–Kier alpha value is -3.39. The van der Waals surface area contributed by atoms with Gasteiger partial charge in [0, 0.05) is 24.5 Å². The monoisotopic (exact) mass is 466 g/mol. The molecule has 0 saturated carbocycles. The van der Waals surface area contributed by atoms with Crippen molar-refractivity contribution >= 4 is 18.0 Å². The fourth-order valence-corrected chi connectivity index (χ4v) is 4.58. The van der Waals surface area contributed by atoms with Crippen LogP contribution in [0.25, 0.3) is 11.1 Å². The summed E-state index contributed by atoms with van der Waals surface area (Å²) >= 11 is 0. The van der Waals surface area contributed by atoms with Crippen LogP contribution in [-0.2, 0) is 19.1 Å². The van der Waals surface area contributed by atoms with Gasteiger partial charge in [-0.3, -0.25) is 4.79 Å². The van der Waals surface area contributed by atoms with Crippen LogP contribution in [-0.4, -0.2) is 55.0 Å². The fraction of sp³-hybridized carbons (Fsp3) is 0.423. The third kappa shape index (κ3) is 4.92. The van der Waals surface area contributed by atoms with Crippen LogP contribution >= 0.6 is 0 Å². The second kappa shape index (κ2) is 9.85. The highest BCUT2D eigenvalue weighted by atomic mass is 16.5. The number of benzene rings is 2. The summed E-state index contributed by atoms with van der Waals surface area (Å²) in [6.45, 7) is 4.29. The number of hydrogen-bond acceptors (Lipinski definition) is 5. The third-order valence-corrected chi connectivity index (χ3v) is 6.63. The van der Waals surface area contributed by atoms with Gasteiger partial charge in [0.2, 0.25) is 5.91 Å². The molecule has 2 aromatic carbocycles. The molecule has 2 amide bonds. The highest BCUT2D eigenvalue weighted by Crippen LogP contribution is 2.44. The number of fused-ring (bicyclic) bond motifs is 3. The van der Waals surface area contributed by atoms with Gasteiger partial charge in [-0.1, -0.05) is 62.4 Å². The van der Waals surface area contributed by atoms with Gasteiger partial charge in [-0.25, -0.2) is 9.59 Å². The van der Waals surface area contributed by atoms with E-state index in [9.17, 15) is 19.5 Å². The van der Waals surface area contributed by atoms with E-state index in [2.05, 4.69) is 34.9 Å². The number of carbonyl (C=O) groups is 3. The normalized spacial score (nSPS) is 19.2. The zero-order chi connectivity index (χ0) is 24.3.